The average molecular weight is 565 g/mol. The third-order valence-corrected chi connectivity index (χ3v) is 8.49. The molecule has 1 spiro atoms. The van der Waals surface area contributed by atoms with Crippen LogP contribution in [0.1, 0.15) is 45.8 Å². The van der Waals surface area contributed by atoms with Gasteiger partial charge in [0.15, 0.2) is 12.0 Å². The Bertz CT molecular complexity index is 1270. The largest absolute Gasteiger partial charge is 0.465 e. The van der Waals surface area contributed by atoms with Crippen LogP contribution in [0.25, 0.3) is 0 Å². The van der Waals surface area contributed by atoms with Gasteiger partial charge in [0.2, 0.25) is 0 Å². The maximum Gasteiger partial charge on any atom is 0.459 e. The van der Waals surface area contributed by atoms with E-state index in [1.807, 2.05) is 0 Å². The zero-order chi connectivity index (χ0) is 27.6. The molecule has 1 aromatic carbocycles. The second-order valence-electron chi connectivity index (χ2n) is 9.69. The van der Waals surface area contributed by atoms with E-state index in [1.54, 1.807) is 37.3 Å². The van der Waals surface area contributed by atoms with Crippen LogP contribution >= 0.6 is 7.75 Å². The van der Waals surface area contributed by atoms with Crippen molar-refractivity contribution in [3.05, 3.63) is 53.1 Å². The van der Waals surface area contributed by atoms with E-state index < -0.39 is 55.8 Å². The molecule has 2 saturated heterocycles. The van der Waals surface area contributed by atoms with Gasteiger partial charge in [0, 0.05) is 19.0 Å². The number of aromatic nitrogens is 2. The number of hydrogen-bond donors (Lipinski definition) is 2. The van der Waals surface area contributed by atoms with Crippen molar-refractivity contribution in [1.82, 2.24) is 14.6 Å². The molecule has 2 aliphatic heterocycles. The van der Waals surface area contributed by atoms with Crippen molar-refractivity contribution in [3.63, 3.8) is 0 Å². The molecule has 3 aliphatic rings. The number of carbonyl (C=O) groups is 1. The van der Waals surface area contributed by atoms with Gasteiger partial charge < -0.3 is 29.2 Å². The molecule has 5 rings (SSSR count). The molecule has 1 saturated carbocycles. The Kier molecular flexibility index (Phi) is 8.08. The number of rotatable bonds is 10. The fraction of sp³-hybridized carbons (Fsp3) is 0.560. The van der Waals surface area contributed by atoms with Gasteiger partial charge in [-0.3, -0.25) is 13.9 Å². The summed E-state index contributed by atoms with van der Waals surface area (Å²) < 4.78 is 50.7. The molecule has 1 aromatic heterocycles. The Hall–Kier alpha value is -2.80. The summed E-state index contributed by atoms with van der Waals surface area (Å²) in [6, 6.07) is 8.94. The fourth-order valence-electron chi connectivity index (χ4n) is 5.07. The lowest BCUT2D eigenvalue weighted by atomic mass is 10.1. The van der Waals surface area contributed by atoms with E-state index in [2.05, 4.69) is 10.1 Å². The minimum Gasteiger partial charge on any atom is -0.465 e. The Labute approximate surface area is 225 Å². The quantitative estimate of drug-likeness (QED) is 0.321. The minimum atomic E-state index is -4.13. The number of fused-ring (bicyclic) bond motifs is 1. The summed E-state index contributed by atoms with van der Waals surface area (Å²) in [5.74, 6) is -1.03. The summed E-state index contributed by atoms with van der Waals surface area (Å²) in [5, 5.41) is 2.65. The maximum absolute atomic E-state index is 13.9. The zero-order valence-corrected chi connectivity index (χ0v) is 22.7. The Balaban J connectivity index is 1.37. The van der Waals surface area contributed by atoms with Crippen LogP contribution in [-0.4, -0.2) is 58.9 Å². The van der Waals surface area contributed by atoms with Crippen molar-refractivity contribution in [2.45, 2.75) is 75.9 Å². The van der Waals surface area contributed by atoms with Crippen LogP contribution in [0.2, 0.25) is 0 Å². The van der Waals surface area contributed by atoms with Gasteiger partial charge in [-0.05, 0) is 44.9 Å². The molecular formula is C25H33N4O9P. The molecule has 6 atom stereocenters. The minimum absolute atomic E-state index is 0.0855. The first kappa shape index (κ1) is 27.8. The highest BCUT2D eigenvalue weighted by molar-refractivity contribution is 7.52. The number of hydrogen-bond acceptors (Lipinski definition) is 11. The van der Waals surface area contributed by atoms with E-state index in [4.69, 9.17) is 33.7 Å². The van der Waals surface area contributed by atoms with Crippen LogP contribution in [0.5, 0.6) is 5.75 Å². The summed E-state index contributed by atoms with van der Waals surface area (Å²) in [6.07, 6.45) is 1.90. The Morgan fingerprint density at radius 1 is 1.23 bits per heavy atom. The summed E-state index contributed by atoms with van der Waals surface area (Å²) in [4.78, 5) is 28.7. The summed E-state index contributed by atoms with van der Waals surface area (Å²) >= 11 is 0. The molecule has 13 nitrogen and oxygen atoms in total. The van der Waals surface area contributed by atoms with Crippen molar-refractivity contribution in [3.8, 4) is 5.75 Å². The monoisotopic (exact) mass is 564 g/mol. The van der Waals surface area contributed by atoms with Crippen LogP contribution < -0.4 is 21.0 Å². The summed E-state index contributed by atoms with van der Waals surface area (Å²) in [6.45, 7) is 3.09. The fourth-order valence-corrected chi connectivity index (χ4v) is 6.57. The smallest absolute Gasteiger partial charge is 0.459 e. The number of carbonyl (C=O) groups excluding carboxylic acids is 1. The van der Waals surface area contributed by atoms with Crippen molar-refractivity contribution < 1.29 is 37.4 Å². The molecule has 2 aromatic rings. The van der Waals surface area contributed by atoms with Crippen LogP contribution in [-0.2, 0) is 32.8 Å². The molecule has 3 heterocycles. The normalized spacial score (nSPS) is 27.6. The lowest BCUT2D eigenvalue weighted by molar-refractivity contribution is -0.215. The molecule has 0 amide bonds. The second kappa shape index (κ2) is 11.4. The van der Waals surface area contributed by atoms with E-state index in [0.717, 1.165) is 12.8 Å². The number of nitrogen functional groups attached to an aromatic ring is 1. The number of nitrogens with zero attached hydrogens (tertiary/aromatic N) is 2. The SMILES string of the molecule is CCOC(=O)[C@H](C)NP(=O)(OC[C@H]1O[C@@H](n2ccc(N)nc2=O)[C@@H]2OC3(CCCC3)O[C@@H]21)Oc1ccccc1. The van der Waals surface area contributed by atoms with Gasteiger partial charge in [-0.25, -0.2) is 9.36 Å². The third-order valence-electron chi connectivity index (χ3n) is 6.85. The number of ether oxygens (including phenoxy) is 4. The lowest BCUT2D eigenvalue weighted by Gasteiger charge is -2.28. The number of benzene rings is 1. The van der Waals surface area contributed by atoms with Gasteiger partial charge in [0.25, 0.3) is 0 Å². The van der Waals surface area contributed by atoms with Crippen LogP contribution in [0.4, 0.5) is 5.82 Å². The van der Waals surface area contributed by atoms with Crippen molar-refractivity contribution in [2.24, 2.45) is 0 Å². The Morgan fingerprint density at radius 2 is 1.95 bits per heavy atom. The van der Waals surface area contributed by atoms with Gasteiger partial charge in [0.05, 0.1) is 13.2 Å². The van der Waals surface area contributed by atoms with E-state index in [1.165, 1.54) is 23.8 Å². The van der Waals surface area contributed by atoms with Crippen molar-refractivity contribution in [2.75, 3.05) is 18.9 Å². The number of anilines is 1. The van der Waals surface area contributed by atoms with Gasteiger partial charge in [0.1, 0.15) is 35.9 Å². The van der Waals surface area contributed by atoms with Gasteiger partial charge in [-0.1, -0.05) is 18.2 Å². The molecule has 0 radical (unpaired) electrons. The third kappa shape index (κ3) is 6.03. The van der Waals surface area contributed by atoms with Gasteiger partial charge >= 0.3 is 19.4 Å². The van der Waals surface area contributed by atoms with E-state index in [9.17, 15) is 14.2 Å². The predicted molar refractivity (Wildman–Crippen MR) is 138 cm³/mol. The molecule has 0 bridgehead atoms. The number of para-hydroxylation sites is 1. The first-order chi connectivity index (χ1) is 18.7. The molecule has 39 heavy (non-hydrogen) atoms. The van der Waals surface area contributed by atoms with Crippen molar-refractivity contribution >= 4 is 19.5 Å². The topological polar surface area (TPSA) is 162 Å². The molecule has 1 unspecified atom stereocenters. The first-order valence-electron chi connectivity index (χ1n) is 13.0. The standard InChI is InChI=1S/C25H33N4O9P/c1-3-33-23(30)16(2)28-39(32,38-17-9-5-4-6-10-17)34-15-18-20-21(37-25(36-20)12-7-8-13-25)22(35-18)29-14-11-19(26)27-24(29)31/h4-6,9-11,14,16,18,20-22H,3,7-8,12-13,15H2,1-2H3,(H,28,32)(H2,26,27,31)/t16-,18+,20+,21+,22+,39?/m0/s1. The molecule has 14 heteroatoms. The number of esters is 1. The van der Waals surface area contributed by atoms with Gasteiger partial charge in [-0.2, -0.15) is 10.1 Å². The van der Waals surface area contributed by atoms with E-state index in [-0.39, 0.29) is 24.8 Å². The number of nitrogens with two attached hydrogens (primary N) is 1. The zero-order valence-electron chi connectivity index (χ0n) is 21.8. The molecular weight excluding hydrogens is 531 g/mol. The van der Waals surface area contributed by atoms with Crippen LogP contribution in [0.15, 0.2) is 47.4 Å². The van der Waals surface area contributed by atoms with Crippen molar-refractivity contribution in [1.29, 1.82) is 0 Å². The first-order valence-corrected chi connectivity index (χ1v) is 14.5. The average Bonchev–Trinajstić information content (AvgIpc) is 3.60. The predicted octanol–water partition coefficient (Wildman–Crippen LogP) is 2.52. The maximum atomic E-state index is 13.9. The number of nitrogens with one attached hydrogen (secondary N) is 1. The van der Waals surface area contributed by atoms with Crippen LogP contribution in [0, 0.1) is 0 Å². The lowest BCUT2D eigenvalue weighted by Crippen LogP contribution is -2.37. The highest BCUT2D eigenvalue weighted by atomic mass is 31.2. The highest BCUT2D eigenvalue weighted by Gasteiger charge is 2.60. The highest BCUT2D eigenvalue weighted by Crippen LogP contribution is 2.51. The molecule has 1 aliphatic carbocycles. The summed E-state index contributed by atoms with van der Waals surface area (Å²) in [7, 11) is -4.13. The van der Waals surface area contributed by atoms with E-state index >= 15 is 0 Å². The van der Waals surface area contributed by atoms with E-state index in [0.29, 0.717) is 12.8 Å². The van der Waals surface area contributed by atoms with Crippen LogP contribution in [0.3, 0.4) is 0 Å². The summed E-state index contributed by atoms with van der Waals surface area (Å²) in [5.41, 5.74) is 5.07. The molecule has 3 N–H and O–H groups in total. The molecule has 3 fully saturated rings. The molecule has 212 valence electrons. The Morgan fingerprint density at radius 3 is 2.64 bits per heavy atom. The van der Waals surface area contributed by atoms with Gasteiger partial charge in [-0.15, -0.1) is 0 Å². The second-order valence-corrected chi connectivity index (χ2v) is 11.4.